The van der Waals surface area contributed by atoms with E-state index in [0.29, 0.717) is 26.2 Å². The highest BCUT2D eigenvalue weighted by Gasteiger charge is 2.27. The van der Waals surface area contributed by atoms with Gasteiger partial charge < -0.3 is 9.80 Å². The molecule has 0 radical (unpaired) electrons. The van der Waals surface area contributed by atoms with Crippen LogP contribution in [0, 0.1) is 15.9 Å². The van der Waals surface area contributed by atoms with Gasteiger partial charge in [-0.2, -0.15) is 4.39 Å². The fraction of sp³-hybridized carbons (Fsp3) is 0.417. The number of halogens is 1. The fourth-order valence-electron chi connectivity index (χ4n) is 2.20. The van der Waals surface area contributed by atoms with Gasteiger partial charge in [-0.15, -0.1) is 0 Å². The summed E-state index contributed by atoms with van der Waals surface area (Å²) in [5.74, 6) is -0.857. The van der Waals surface area contributed by atoms with Crippen molar-refractivity contribution in [3.8, 4) is 0 Å². The molecule has 0 atom stereocenters. The van der Waals surface area contributed by atoms with Crippen molar-refractivity contribution in [3.05, 3.63) is 34.1 Å². The number of nitro benzene ring substituents is 1. The highest BCUT2D eigenvalue weighted by molar-refractivity contribution is 5.74. The lowest BCUT2D eigenvalue weighted by atomic mass is 10.2. The second-order valence-electron chi connectivity index (χ2n) is 4.36. The zero-order valence-corrected chi connectivity index (χ0v) is 10.5. The smallest absolute Gasteiger partial charge is 0.327 e. The molecule has 7 heteroatoms. The van der Waals surface area contributed by atoms with Crippen molar-refractivity contribution in [2.24, 2.45) is 0 Å². The Hall–Kier alpha value is -2.18. The molecule has 19 heavy (non-hydrogen) atoms. The number of carbonyl (C=O) groups is 1. The largest absolute Gasteiger partial charge is 0.362 e. The number of hydrogen-bond acceptors (Lipinski definition) is 4. The lowest BCUT2D eigenvalue weighted by molar-refractivity contribution is -0.386. The highest BCUT2D eigenvalue weighted by Crippen LogP contribution is 2.31. The summed E-state index contributed by atoms with van der Waals surface area (Å²) in [4.78, 5) is 24.8. The number of amides is 1. The number of nitro groups is 1. The van der Waals surface area contributed by atoms with Crippen LogP contribution >= 0.6 is 0 Å². The lowest BCUT2D eigenvalue weighted by Gasteiger charge is -2.35. The van der Waals surface area contributed by atoms with Gasteiger partial charge in [0.1, 0.15) is 5.69 Å². The van der Waals surface area contributed by atoms with Gasteiger partial charge in [0, 0.05) is 33.1 Å². The van der Waals surface area contributed by atoms with Crippen molar-refractivity contribution >= 4 is 17.3 Å². The SMILES string of the molecule is CC(=O)N1CCN(c2cccc(F)c2[N+](=O)[O-])CC1. The zero-order valence-electron chi connectivity index (χ0n) is 10.5. The molecular formula is C12H14FN3O3. The average molecular weight is 267 g/mol. The van der Waals surface area contributed by atoms with Gasteiger partial charge in [-0.1, -0.05) is 6.07 Å². The number of anilines is 1. The molecule has 1 saturated heterocycles. The molecule has 1 fully saturated rings. The van der Waals surface area contributed by atoms with Gasteiger partial charge in [0.2, 0.25) is 11.7 Å². The van der Waals surface area contributed by atoms with E-state index < -0.39 is 16.4 Å². The van der Waals surface area contributed by atoms with E-state index in [-0.39, 0.29) is 11.6 Å². The minimum absolute atomic E-state index is 0.0200. The molecule has 1 aromatic carbocycles. The van der Waals surface area contributed by atoms with Crippen molar-refractivity contribution in [2.45, 2.75) is 6.92 Å². The zero-order chi connectivity index (χ0) is 14.0. The molecular weight excluding hydrogens is 253 g/mol. The molecule has 1 heterocycles. The second-order valence-corrected chi connectivity index (χ2v) is 4.36. The first-order valence-corrected chi connectivity index (χ1v) is 5.94. The van der Waals surface area contributed by atoms with Gasteiger partial charge in [0.15, 0.2) is 0 Å². The van der Waals surface area contributed by atoms with Gasteiger partial charge in [-0.05, 0) is 12.1 Å². The summed E-state index contributed by atoms with van der Waals surface area (Å²) in [7, 11) is 0. The molecule has 2 rings (SSSR count). The summed E-state index contributed by atoms with van der Waals surface area (Å²) >= 11 is 0. The van der Waals surface area contributed by atoms with Crippen LogP contribution < -0.4 is 4.90 Å². The van der Waals surface area contributed by atoms with E-state index in [1.165, 1.54) is 19.1 Å². The summed E-state index contributed by atoms with van der Waals surface area (Å²) in [6.45, 7) is 3.39. The molecule has 0 saturated carbocycles. The summed E-state index contributed by atoms with van der Waals surface area (Å²) in [6, 6.07) is 4.06. The van der Waals surface area contributed by atoms with Gasteiger partial charge in [0.25, 0.3) is 0 Å². The summed E-state index contributed by atoms with van der Waals surface area (Å²) < 4.78 is 13.5. The molecule has 1 amide bonds. The van der Waals surface area contributed by atoms with Crippen LogP contribution in [-0.2, 0) is 4.79 Å². The lowest BCUT2D eigenvalue weighted by Crippen LogP contribution is -2.48. The number of rotatable bonds is 2. The molecule has 1 aliphatic rings. The molecule has 102 valence electrons. The van der Waals surface area contributed by atoms with Gasteiger partial charge >= 0.3 is 5.69 Å². The van der Waals surface area contributed by atoms with E-state index >= 15 is 0 Å². The standard InChI is InChI=1S/C12H14FN3O3/c1-9(17)14-5-7-15(8-6-14)11-4-2-3-10(13)12(11)16(18)19/h2-4H,5-8H2,1H3. The summed E-state index contributed by atoms with van der Waals surface area (Å²) in [5.41, 5.74) is -0.230. The number of benzene rings is 1. The van der Waals surface area contributed by atoms with Gasteiger partial charge in [-0.3, -0.25) is 14.9 Å². The molecule has 0 bridgehead atoms. The molecule has 0 aliphatic carbocycles. The molecule has 1 aliphatic heterocycles. The Kier molecular flexibility index (Phi) is 3.64. The maximum Gasteiger partial charge on any atom is 0.327 e. The number of piperazine rings is 1. The van der Waals surface area contributed by atoms with E-state index in [9.17, 15) is 19.3 Å². The van der Waals surface area contributed by atoms with Crippen LogP contribution in [0.3, 0.4) is 0 Å². The van der Waals surface area contributed by atoms with E-state index in [4.69, 9.17) is 0 Å². The quantitative estimate of drug-likeness (QED) is 0.600. The Morgan fingerprint density at radius 2 is 1.95 bits per heavy atom. The first-order valence-electron chi connectivity index (χ1n) is 5.94. The third kappa shape index (κ3) is 2.64. The molecule has 6 nitrogen and oxygen atoms in total. The molecule has 1 aromatic rings. The highest BCUT2D eigenvalue weighted by atomic mass is 19.1. The van der Waals surface area contributed by atoms with Crippen molar-refractivity contribution in [1.29, 1.82) is 0 Å². The van der Waals surface area contributed by atoms with Crippen LogP contribution in [0.5, 0.6) is 0 Å². The molecule has 0 unspecified atom stereocenters. The van der Waals surface area contributed by atoms with Crippen molar-refractivity contribution < 1.29 is 14.1 Å². The number of hydrogen-bond donors (Lipinski definition) is 0. The monoisotopic (exact) mass is 267 g/mol. The second kappa shape index (κ2) is 5.21. The van der Waals surface area contributed by atoms with E-state index in [2.05, 4.69) is 0 Å². The molecule has 0 spiro atoms. The van der Waals surface area contributed by atoms with Crippen molar-refractivity contribution in [1.82, 2.24) is 4.90 Å². The molecule has 0 N–H and O–H groups in total. The normalized spacial score (nSPS) is 15.5. The van der Waals surface area contributed by atoms with Crippen LogP contribution in [0.2, 0.25) is 0 Å². The Labute approximate surface area is 109 Å². The van der Waals surface area contributed by atoms with Crippen LogP contribution in [0.25, 0.3) is 0 Å². The number of carbonyl (C=O) groups excluding carboxylic acids is 1. The number of nitrogens with zero attached hydrogens (tertiary/aromatic N) is 3. The Bertz CT molecular complexity index is 513. The van der Waals surface area contributed by atoms with Gasteiger partial charge in [-0.25, -0.2) is 0 Å². The van der Waals surface area contributed by atoms with E-state index in [1.807, 2.05) is 0 Å². The first kappa shape index (κ1) is 13.3. The van der Waals surface area contributed by atoms with Crippen LogP contribution in [-0.4, -0.2) is 41.9 Å². The molecule has 0 aromatic heterocycles. The first-order chi connectivity index (χ1) is 9.00. The topological polar surface area (TPSA) is 66.7 Å². The number of para-hydroxylation sites is 1. The van der Waals surface area contributed by atoms with Crippen LogP contribution in [0.4, 0.5) is 15.8 Å². The summed E-state index contributed by atoms with van der Waals surface area (Å²) in [5, 5.41) is 10.9. The van der Waals surface area contributed by atoms with Crippen molar-refractivity contribution in [2.75, 3.05) is 31.1 Å². The van der Waals surface area contributed by atoms with E-state index in [0.717, 1.165) is 6.07 Å². The Balaban J connectivity index is 2.22. The average Bonchev–Trinajstić information content (AvgIpc) is 2.38. The minimum Gasteiger partial charge on any atom is -0.362 e. The fourth-order valence-corrected chi connectivity index (χ4v) is 2.20. The maximum atomic E-state index is 13.5. The van der Waals surface area contributed by atoms with Crippen LogP contribution in [0.1, 0.15) is 6.92 Å². The van der Waals surface area contributed by atoms with Crippen molar-refractivity contribution in [3.63, 3.8) is 0 Å². The third-order valence-electron chi connectivity index (χ3n) is 3.21. The minimum atomic E-state index is -0.837. The maximum absolute atomic E-state index is 13.5. The predicted molar refractivity (Wildman–Crippen MR) is 67.5 cm³/mol. The van der Waals surface area contributed by atoms with E-state index in [1.54, 1.807) is 9.80 Å². The van der Waals surface area contributed by atoms with Gasteiger partial charge in [0.05, 0.1) is 4.92 Å². The van der Waals surface area contributed by atoms with Crippen LogP contribution in [0.15, 0.2) is 18.2 Å². The Morgan fingerprint density at radius 1 is 1.32 bits per heavy atom. The Morgan fingerprint density at radius 3 is 2.47 bits per heavy atom. The third-order valence-corrected chi connectivity index (χ3v) is 3.21. The predicted octanol–water partition coefficient (Wildman–Crippen LogP) is 1.40. The summed E-state index contributed by atoms with van der Waals surface area (Å²) in [6.07, 6.45) is 0.